The van der Waals surface area contributed by atoms with Crippen LogP contribution in [0, 0.1) is 3.57 Å². The SMILES string of the molecule is O=C1/C(=C/c2ccc(OCc3ccc(I)cc3)cc2)SC(=S)N1C[C@H]1CCCO1. The zero-order valence-corrected chi connectivity index (χ0v) is 19.5. The molecule has 2 aliphatic heterocycles. The van der Waals surface area contributed by atoms with Crippen molar-refractivity contribution >= 4 is 62.9 Å². The Labute approximate surface area is 193 Å². The third-order valence-electron chi connectivity index (χ3n) is 4.78. The van der Waals surface area contributed by atoms with Crippen molar-refractivity contribution in [3.8, 4) is 5.75 Å². The number of nitrogens with zero attached hydrogens (tertiary/aromatic N) is 1. The second-order valence-electron chi connectivity index (χ2n) is 6.91. The van der Waals surface area contributed by atoms with Crippen LogP contribution in [0.5, 0.6) is 5.75 Å². The highest BCUT2D eigenvalue weighted by Crippen LogP contribution is 2.33. The van der Waals surface area contributed by atoms with E-state index in [1.54, 1.807) is 4.90 Å². The average molecular weight is 537 g/mol. The molecule has 2 aromatic carbocycles. The van der Waals surface area contributed by atoms with Gasteiger partial charge in [-0.15, -0.1) is 0 Å². The Morgan fingerprint density at radius 2 is 1.97 bits per heavy atom. The minimum absolute atomic E-state index is 0.0328. The third-order valence-corrected chi connectivity index (χ3v) is 6.88. The van der Waals surface area contributed by atoms with Gasteiger partial charge in [0.2, 0.25) is 0 Å². The van der Waals surface area contributed by atoms with Gasteiger partial charge in [0.05, 0.1) is 17.6 Å². The number of halogens is 1. The molecule has 2 saturated heterocycles. The van der Waals surface area contributed by atoms with E-state index in [4.69, 9.17) is 21.7 Å². The minimum Gasteiger partial charge on any atom is -0.489 e. The van der Waals surface area contributed by atoms with E-state index >= 15 is 0 Å². The standard InChI is InChI=1S/C22H20INO3S2/c23-17-7-3-16(4-8-17)14-27-18-9-5-15(6-10-18)12-20-21(25)24(22(28)29-20)13-19-2-1-11-26-19/h3-10,12,19H,1-2,11,13-14H2/b20-12-/t19-/m1/s1. The topological polar surface area (TPSA) is 38.8 Å². The van der Waals surface area contributed by atoms with Crippen LogP contribution in [-0.2, 0) is 16.1 Å². The van der Waals surface area contributed by atoms with Gasteiger partial charge in [-0.05, 0) is 76.9 Å². The smallest absolute Gasteiger partial charge is 0.266 e. The lowest BCUT2D eigenvalue weighted by Gasteiger charge is -2.18. The van der Waals surface area contributed by atoms with Crippen LogP contribution in [0.2, 0.25) is 0 Å². The summed E-state index contributed by atoms with van der Waals surface area (Å²) < 4.78 is 13.3. The second kappa shape index (κ2) is 9.59. The zero-order chi connectivity index (χ0) is 20.2. The van der Waals surface area contributed by atoms with Crippen molar-refractivity contribution in [2.75, 3.05) is 13.2 Å². The Morgan fingerprint density at radius 3 is 2.66 bits per heavy atom. The molecule has 0 aliphatic carbocycles. The molecular weight excluding hydrogens is 517 g/mol. The summed E-state index contributed by atoms with van der Waals surface area (Å²) in [5.41, 5.74) is 2.08. The van der Waals surface area contributed by atoms with E-state index in [0.29, 0.717) is 22.4 Å². The Kier molecular flexibility index (Phi) is 6.89. The van der Waals surface area contributed by atoms with Crippen LogP contribution in [0.1, 0.15) is 24.0 Å². The molecule has 7 heteroatoms. The van der Waals surface area contributed by atoms with E-state index in [-0.39, 0.29) is 12.0 Å². The summed E-state index contributed by atoms with van der Waals surface area (Å²) >= 11 is 9.05. The molecule has 2 aliphatic rings. The number of rotatable bonds is 6. The van der Waals surface area contributed by atoms with Crippen molar-refractivity contribution in [2.45, 2.75) is 25.6 Å². The van der Waals surface area contributed by atoms with Crippen molar-refractivity contribution in [2.24, 2.45) is 0 Å². The van der Waals surface area contributed by atoms with E-state index in [9.17, 15) is 4.79 Å². The van der Waals surface area contributed by atoms with Gasteiger partial charge in [0, 0.05) is 10.2 Å². The van der Waals surface area contributed by atoms with Crippen molar-refractivity contribution in [3.63, 3.8) is 0 Å². The van der Waals surface area contributed by atoms with Gasteiger partial charge < -0.3 is 9.47 Å². The number of thioether (sulfide) groups is 1. The van der Waals surface area contributed by atoms with Gasteiger partial charge in [0.1, 0.15) is 16.7 Å². The van der Waals surface area contributed by atoms with E-state index in [1.165, 1.54) is 15.3 Å². The fourth-order valence-electron chi connectivity index (χ4n) is 3.21. The maximum absolute atomic E-state index is 12.7. The molecule has 0 saturated carbocycles. The molecule has 0 radical (unpaired) electrons. The van der Waals surface area contributed by atoms with Crippen molar-refractivity contribution < 1.29 is 14.3 Å². The predicted octanol–water partition coefficient (Wildman–Crippen LogP) is 5.25. The van der Waals surface area contributed by atoms with E-state index in [0.717, 1.165) is 36.3 Å². The molecule has 29 heavy (non-hydrogen) atoms. The van der Waals surface area contributed by atoms with Gasteiger partial charge in [-0.3, -0.25) is 9.69 Å². The van der Waals surface area contributed by atoms with Crippen molar-refractivity contribution in [1.82, 2.24) is 4.90 Å². The normalized spacial score (nSPS) is 20.7. The summed E-state index contributed by atoms with van der Waals surface area (Å²) in [5, 5.41) is 0. The highest BCUT2D eigenvalue weighted by atomic mass is 127. The van der Waals surface area contributed by atoms with Gasteiger partial charge in [-0.2, -0.15) is 0 Å². The van der Waals surface area contributed by atoms with Crippen LogP contribution in [-0.4, -0.2) is 34.4 Å². The molecule has 4 rings (SSSR count). The molecule has 2 fully saturated rings. The first-order chi connectivity index (χ1) is 14.1. The van der Waals surface area contributed by atoms with Crippen LogP contribution in [0.25, 0.3) is 6.08 Å². The molecule has 1 atom stereocenters. The first-order valence-electron chi connectivity index (χ1n) is 9.43. The van der Waals surface area contributed by atoms with Crippen molar-refractivity contribution in [1.29, 1.82) is 0 Å². The lowest BCUT2D eigenvalue weighted by atomic mass is 10.2. The summed E-state index contributed by atoms with van der Waals surface area (Å²) in [6.07, 6.45) is 4.02. The van der Waals surface area contributed by atoms with E-state index in [1.807, 2.05) is 30.3 Å². The second-order valence-corrected chi connectivity index (χ2v) is 9.83. The van der Waals surface area contributed by atoms with Gasteiger partial charge in [-0.25, -0.2) is 0 Å². The largest absolute Gasteiger partial charge is 0.489 e. The third kappa shape index (κ3) is 5.39. The van der Waals surface area contributed by atoms with Gasteiger partial charge >= 0.3 is 0 Å². The lowest BCUT2D eigenvalue weighted by molar-refractivity contribution is -0.123. The summed E-state index contributed by atoms with van der Waals surface area (Å²) in [6, 6.07) is 16.0. The minimum atomic E-state index is -0.0328. The summed E-state index contributed by atoms with van der Waals surface area (Å²) in [6.45, 7) is 1.85. The number of amides is 1. The molecule has 150 valence electrons. The van der Waals surface area contributed by atoms with Gasteiger partial charge in [0.15, 0.2) is 0 Å². The maximum Gasteiger partial charge on any atom is 0.266 e. The van der Waals surface area contributed by atoms with Crippen molar-refractivity contribution in [3.05, 3.63) is 68.1 Å². The lowest BCUT2D eigenvalue weighted by Crippen LogP contribution is -2.35. The quantitative estimate of drug-likeness (QED) is 0.286. The molecule has 4 nitrogen and oxygen atoms in total. The fourth-order valence-corrected chi connectivity index (χ4v) is 4.84. The molecule has 0 bridgehead atoms. The molecule has 0 aromatic heterocycles. The monoisotopic (exact) mass is 537 g/mol. The molecule has 0 spiro atoms. The number of carbonyl (C=O) groups is 1. The molecule has 0 N–H and O–H groups in total. The molecule has 2 aromatic rings. The number of ether oxygens (including phenoxy) is 2. The number of benzene rings is 2. The maximum atomic E-state index is 12.7. The van der Waals surface area contributed by atoms with Gasteiger partial charge in [0.25, 0.3) is 5.91 Å². The highest BCUT2D eigenvalue weighted by Gasteiger charge is 2.34. The first kappa shape index (κ1) is 20.8. The number of hydrogen-bond acceptors (Lipinski definition) is 5. The number of hydrogen-bond donors (Lipinski definition) is 0. The molecule has 1 amide bonds. The number of thiocarbonyl (C=S) groups is 1. The van der Waals surface area contributed by atoms with Crippen LogP contribution >= 0.6 is 46.6 Å². The Hall–Kier alpha value is -1.42. The molecular formula is C22H20INO3S2. The van der Waals surface area contributed by atoms with E-state index < -0.39 is 0 Å². The fraction of sp³-hybridized carbons (Fsp3) is 0.273. The van der Waals surface area contributed by atoms with Crippen LogP contribution in [0.4, 0.5) is 0 Å². The Morgan fingerprint density at radius 1 is 1.21 bits per heavy atom. The van der Waals surface area contributed by atoms with Gasteiger partial charge in [-0.1, -0.05) is 48.2 Å². The summed E-state index contributed by atoms with van der Waals surface area (Å²) in [5.74, 6) is 0.765. The van der Waals surface area contributed by atoms with E-state index in [2.05, 4.69) is 46.9 Å². The Balaban J connectivity index is 1.37. The summed E-state index contributed by atoms with van der Waals surface area (Å²) in [4.78, 5) is 15.0. The molecule has 0 unspecified atom stereocenters. The highest BCUT2D eigenvalue weighted by molar-refractivity contribution is 14.1. The predicted molar refractivity (Wildman–Crippen MR) is 129 cm³/mol. The average Bonchev–Trinajstić information content (AvgIpc) is 3.33. The first-order valence-corrected chi connectivity index (χ1v) is 11.7. The summed E-state index contributed by atoms with van der Waals surface area (Å²) in [7, 11) is 0. The Bertz CT molecular complexity index is 922. The molecule has 2 heterocycles. The van der Waals surface area contributed by atoms with Crippen LogP contribution in [0.3, 0.4) is 0 Å². The van der Waals surface area contributed by atoms with Crippen LogP contribution < -0.4 is 4.74 Å². The number of carbonyl (C=O) groups excluding carboxylic acids is 1. The zero-order valence-electron chi connectivity index (χ0n) is 15.7. The van der Waals surface area contributed by atoms with Crippen LogP contribution in [0.15, 0.2) is 53.4 Å².